The Morgan fingerprint density at radius 3 is 2.62 bits per heavy atom. The van der Waals surface area contributed by atoms with Crippen LogP contribution in [0, 0.1) is 17.8 Å². The topological polar surface area (TPSA) is 64.0 Å². The van der Waals surface area contributed by atoms with Crippen molar-refractivity contribution in [1.82, 2.24) is 9.89 Å². The zero-order chi connectivity index (χ0) is 17.7. The first-order valence-corrected chi connectivity index (χ1v) is 9.69. The normalized spacial score (nSPS) is 27.0. The number of benzene rings is 1. The molecule has 0 unspecified atom stereocenters. The van der Waals surface area contributed by atoms with Gasteiger partial charge >= 0.3 is 0 Å². The Morgan fingerprint density at radius 2 is 1.96 bits per heavy atom. The molecule has 5 heteroatoms. The minimum atomic E-state index is -0.245. The molecule has 0 radical (unpaired) electrons. The van der Waals surface area contributed by atoms with Gasteiger partial charge in [-0.25, -0.2) is 5.43 Å². The SMILES string of the molecule is O=C(C[C@@H]1C[C@@H]2C=C[C@@H]1C2)Nn1nc(C2CCC2)c2ccccc2c1=O. The maximum atomic E-state index is 12.8. The molecule has 1 N–H and O–H groups in total. The summed E-state index contributed by atoms with van der Waals surface area (Å²) >= 11 is 0. The second-order valence-electron chi connectivity index (χ2n) is 8.06. The van der Waals surface area contributed by atoms with E-state index >= 15 is 0 Å². The minimum Gasteiger partial charge on any atom is -0.273 e. The molecule has 26 heavy (non-hydrogen) atoms. The molecule has 2 aromatic rings. The number of allylic oxidation sites excluding steroid dienone is 2. The van der Waals surface area contributed by atoms with Gasteiger partial charge in [0, 0.05) is 17.7 Å². The molecule has 5 rings (SSSR count). The van der Waals surface area contributed by atoms with Gasteiger partial charge in [0.1, 0.15) is 0 Å². The molecule has 134 valence electrons. The molecule has 3 atom stereocenters. The monoisotopic (exact) mass is 349 g/mol. The van der Waals surface area contributed by atoms with E-state index in [-0.39, 0.29) is 11.5 Å². The minimum absolute atomic E-state index is 0.111. The highest BCUT2D eigenvalue weighted by molar-refractivity contribution is 5.86. The van der Waals surface area contributed by atoms with Gasteiger partial charge in [0.05, 0.1) is 11.1 Å². The Morgan fingerprint density at radius 1 is 1.15 bits per heavy atom. The molecule has 5 nitrogen and oxygen atoms in total. The lowest BCUT2D eigenvalue weighted by Crippen LogP contribution is -2.37. The van der Waals surface area contributed by atoms with Crippen molar-refractivity contribution >= 4 is 16.7 Å². The molecule has 1 heterocycles. The first-order chi connectivity index (χ1) is 12.7. The summed E-state index contributed by atoms with van der Waals surface area (Å²) in [5.41, 5.74) is 3.46. The number of carbonyl (C=O) groups excluding carboxylic acids is 1. The summed E-state index contributed by atoms with van der Waals surface area (Å²) in [6.45, 7) is 0. The van der Waals surface area contributed by atoms with Gasteiger partial charge in [-0.1, -0.05) is 36.8 Å². The van der Waals surface area contributed by atoms with E-state index in [1.54, 1.807) is 0 Å². The van der Waals surface area contributed by atoms with Crippen molar-refractivity contribution in [2.75, 3.05) is 5.43 Å². The average molecular weight is 349 g/mol. The number of rotatable bonds is 4. The number of amides is 1. The third-order valence-corrected chi connectivity index (χ3v) is 6.42. The van der Waals surface area contributed by atoms with Crippen LogP contribution in [0.4, 0.5) is 0 Å². The van der Waals surface area contributed by atoms with E-state index in [0.717, 1.165) is 30.3 Å². The average Bonchev–Trinajstić information content (AvgIpc) is 3.20. The molecule has 3 aliphatic rings. The maximum Gasteiger partial charge on any atom is 0.294 e. The van der Waals surface area contributed by atoms with Crippen molar-refractivity contribution in [3.8, 4) is 0 Å². The lowest BCUT2D eigenvalue weighted by molar-refractivity contribution is -0.118. The maximum absolute atomic E-state index is 12.8. The lowest BCUT2D eigenvalue weighted by Gasteiger charge is -2.26. The molecule has 1 aromatic carbocycles. The molecule has 1 amide bonds. The highest BCUT2D eigenvalue weighted by Gasteiger charge is 2.36. The molecular formula is C21H23N3O2. The lowest BCUT2D eigenvalue weighted by atomic mass is 9.81. The molecule has 2 bridgehead atoms. The molecular weight excluding hydrogens is 326 g/mol. The van der Waals surface area contributed by atoms with Crippen molar-refractivity contribution in [3.63, 3.8) is 0 Å². The highest BCUT2D eigenvalue weighted by Crippen LogP contribution is 2.44. The molecule has 0 aliphatic heterocycles. The van der Waals surface area contributed by atoms with E-state index < -0.39 is 0 Å². The van der Waals surface area contributed by atoms with Gasteiger partial charge in [-0.2, -0.15) is 5.10 Å². The third-order valence-electron chi connectivity index (χ3n) is 6.42. The Bertz CT molecular complexity index is 957. The van der Waals surface area contributed by atoms with Crippen LogP contribution in [-0.4, -0.2) is 15.8 Å². The predicted octanol–water partition coefficient (Wildman–Crippen LogP) is 3.34. The first-order valence-electron chi connectivity index (χ1n) is 9.69. The van der Waals surface area contributed by atoms with Crippen LogP contribution in [0.2, 0.25) is 0 Å². The number of carbonyl (C=O) groups is 1. The van der Waals surface area contributed by atoms with Crippen molar-refractivity contribution in [2.24, 2.45) is 17.8 Å². The van der Waals surface area contributed by atoms with Crippen molar-refractivity contribution in [2.45, 2.75) is 44.4 Å². The number of hydrogen-bond donors (Lipinski definition) is 1. The van der Waals surface area contributed by atoms with Gasteiger partial charge in [0.25, 0.3) is 5.56 Å². The fourth-order valence-corrected chi connectivity index (χ4v) is 4.80. The van der Waals surface area contributed by atoms with Gasteiger partial charge in [-0.05, 0) is 49.5 Å². The smallest absolute Gasteiger partial charge is 0.273 e. The second-order valence-corrected chi connectivity index (χ2v) is 8.06. The van der Waals surface area contributed by atoms with E-state index in [9.17, 15) is 9.59 Å². The summed E-state index contributed by atoms with van der Waals surface area (Å²) in [4.78, 5) is 26.5. The molecule has 1 aromatic heterocycles. The van der Waals surface area contributed by atoms with E-state index in [4.69, 9.17) is 0 Å². The Balaban J connectivity index is 1.43. The summed E-state index contributed by atoms with van der Waals surface area (Å²) in [7, 11) is 0. The second kappa shape index (κ2) is 6.08. The number of aromatic nitrogens is 2. The molecule has 0 saturated heterocycles. The van der Waals surface area contributed by atoms with Crippen LogP contribution < -0.4 is 11.0 Å². The van der Waals surface area contributed by atoms with Gasteiger partial charge in [-0.15, -0.1) is 4.79 Å². The van der Waals surface area contributed by atoms with Gasteiger partial charge in [0.2, 0.25) is 5.91 Å². The summed E-state index contributed by atoms with van der Waals surface area (Å²) in [5.74, 6) is 1.84. The van der Waals surface area contributed by atoms with E-state index in [0.29, 0.717) is 35.5 Å². The van der Waals surface area contributed by atoms with Gasteiger partial charge in [-0.3, -0.25) is 9.59 Å². The van der Waals surface area contributed by atoms with E-state index in [1.807, 2.05) is 24.3 Å². The summed E-state index contributed by atoms with van der Waals surface area (Å²) in [6.07, 6.45) is 10.6. The van der Waals surface area contributed by atoms with E-state index in [1.165, 1.54) is 17.6 Å². The highest BCUT2D eigenvalue weighted by atomic mass is 16.2. The first kappa shape index (κ1) is 15.8. The summed E-state index contributed by atoms with van der Waals surface area (Å²) in [6, 6.07) is 7.59. The van der Waals surface area contributed by atoms with Crippen LogP contribution in [0.1, 0.15) is 50.1 Å². The van der Waals surface area contributed by atoms with Crippen LogP contribution in [0.15, 0.2) is 41.2 Å². The fraction of sp³-hybridized carbons (Fsp3) is 0.476. The molecule has 2 saturated carbocycles. The van der Waals surface area contributed by atoms with Crippen LogP contribution in [-0.2, 0) is 4.79 Å². The van der Waals surface area contributed by atoms with E-state index in [2.05, 4.69) is 22.7 Å². The number of hydrogen-bond acceptors (Lipinski definition) is 3. The predicted molar refractivity (Wildman–Crippen MR) is 100 cm³/mol. The Labute approximate surface area is 152 Å². The van der Waals surface area contributed by atoms with Crippen LogP contribution in [0.5, 0.6) is 0 Å². The standard InChI is InChI=1S/C21H23N3O2/c25-19(12-16-11-13-8-9-15(16)10-13)22-24-21(26)18-7-2-1-6-17(18)20(23-24)14-4-3-5-14/h1-2,6-9,13-16H,3-5,10-12H2,(H,22,25)/t13-,15-,16+/m1/s1. The van der Waals surface area contributed by atoms with Gasteiger partial charge in [0.15, 0.2) is 0 Å². The zero-order valence-corrected chi connectivity index (χ0v) is 14.7. The zero-order valence-electron chi connectivity index (χ0n) is 14.7. The van der Waals surface area contributed by atoms with Crippen molar-refractivity contribution < 1.29 is 4.79 Å². The van der Waals surface area contributed by atoms with Crippen molar-refractivity contribution in [3.05, 3.63) is 52.5 Å². The van der Waals surface area contributed by atoms with Crippen LogP contribution >= 0.6 is 0 Å². The van der Waals surface area contributed by atoms with Crippen LogP contribution in [0.3, 0.4) is 0 Å². The van der Waals surface area contributed by atoms with Crippen LogP contribution in [0.25, 0.3) is 10.8 Å². The number of fused-ring (bicyclic) bond motifs is 3. The molecule has 3 aliphatic carbocycles. The molecule has 2 fully saturated rings. The summed E-state index contributed by atoms with van der Waals surface area (Å²) in [5, 5.41) is 6.10. The van der Waals surface area contributed by atoms with Gasteiger partial charge < -0.3 is 0 Å². The largest absolute Gasteiger partial charge is 0.294 e. The van der Waals surface area contributed by atoms with Crippen molar-refractivity contribution in [1.29, 1.82) is 0 Å². The number of nitrogens with one attached hydrogen (secondary N) is 1. The quantitative estimate of drug-likeness (QED) is 0.861. The Hall–Kier alpha value is -2.43. The molecule has 0 spiro atoms. The third kappa shape index (κ3) is 2.57. The Kier molecular flexibility index (Phi) is 3.69. The fourth-order valence-electron chi connectivity index (χ4n) is 4.80. The summed E-state index contributed by atoms with van der Waals surface area (Å²) < 4.78 is 0. The number of nitrogens with zero attached hydrogens (tertiary/aromatic N) is 2.